The van der Waals surface area contributed by atoms with E-state index in [0.29, 0.717) is 23.4 Å². The number of hydrogen-bond donors (Lipinski definition) is 2. The summed E-state index contributed by atoms with van der Waals surface area (Å²) in [5.41, 5.74) is 0. The summed E-state index contributed by atoms with van der Waals surface area (Å²) < 4.78 is 0. The highest BCUT2D eigenvalue weighted by Gasteiger charge is 2.20. The molecule has 1 aromatic rings. The molecule has 18 heavy (non-hydrogen) atoms. The lowest BCUT2D eigenvalue weighted by Gasteiger charge is -2.19. The topological polar surface area (TPSA) is 66.9 Å². The van der Waals surface area contributed by atoms with Crippen LogP contribution in [-0.2, 0) is 4.79 Å². The first-order chi connectivity index (χ1) is 8.65. The molecule has 0 aromatic carbocycles. The average molecular weight is 268 g/mol. The summed E-state index contributed by atoms with van der Waals surface area (Å²) in [4.78, 5) is 11.6. The van der Waals surface area contributed by atoms with Crippen molar-refractivity contribution in [3.8, 4) is 0 Å². The summed E-state index contributed by atoms with van der Waals surface area (Å²) in [6.07, 6.45) is 2.86. The van der Waals surface area contributed by atoms with Gasteiger partial charge in [0.2, 0.25) is 11.0 Å². The largest absolute Gasteiger partial charge is 0.316 e. The second-order valence-corrected chi connectivity index (χ2v) is 6.14. The molecule has 5 nitrogen and oxygen atoms in total. The van der Waals surface area contributed by atoms with Gasteiger partial charge in [-0.25, -0.2) is 0 Å². The van der Waals surface area contributed by atoms with E-state index in [4.69, 9.17) is 0 Å². The third kappa shape index (κ3) is 3.74. The quantitative estimate of drug-likeness (QED) is 0.876. The molecular formula is C12H20N4OS. The number of nitrogens with one attached hydrogen (secondary N) is 2. The minimum Gasteiger partial charge on any atom is -0.316 e. The van der Waals surface area contributed by atoms with Gasteiger partial charge in [-0.1, -0.05) is 25.2 Å². The van der Waals surface area contributed by atoms with Crippen molar-refractivity contribution < 1.29 is 4.79 Å². The SMILES string of the molecule is CC(C)CC(=O)Nc1nnc(C2CCCNC2)s1. The molecule has 0 bridgehead atoms. The summed E-state index contributed by atoms with van der Waals surface area (Å²) in [6, 6.07) is 0. The van der Waals surface area contributed by atoms with Gasteiger partial charge in [-0.15, -0.1) is 10.2 Å². The van der Waals surface area contributed by atoms with Gasteiger partial charge >= 0.3 is 0 Å². The molecule has 1 aliphatic heterocycles. The molecule has 1 amide bonds. The van der Waals surface area contributed by atoms with E-state index in [9.17, 15) is 4.79 Å². The molecule has 0 aliphatic carbocycles. The maximum absolute atomic E-state index is 11.6. The van der Waals surface area contributed by atoms with Gasteiger partial charge in [0, 0.05) is 18.9 Å². The molecule has 1 aliphatic rings. The van der Waals surface area contributed by atoms with Crippen molar-refractivity contribution in [1.82, 2.24) is 15.5 Å². The van der Waals surface area contributed by atoms with Gasteiger partial charge in [-0.05, 0) is 25.3 Å². The monoisotopic (exact) mass is 268 g/mol. The van der Waals surface area contributed by atoms with E-state index in [1.807, 2.05) is 13.8 Å². The summed E-state index contributed by atoms with van der Waals surface area (Å²) in [7, 11) is 0. The van der Waals surface area contributed by atoms with Gasteiger partial charge in [-0.2, -0.15) is 0 Å². The van der Waals surface area contributed by atoms with Crippen LogP contribution in [0.3, 0.4) is 0 Å². The third-order valence-corrected chi connectivity index (χ3v) is 3.93. The van der Waals surface area contributed by atoms with E-state index in [-0.39, 0.29) is 5.91 Å². The van der Waals surface area contributed by atoms with Crippen molar-refractivity contribution in [1.29, 1.82) is 0 Å². The second kappa shape index (κ2) is 6.24. The predicted octanol–water partition coefficient (Wildman–Crippen LogP) is 1.99. The molecule has 6 heteroatoms. The number of anilines is 1. The number of carbonyl (C=O) groups excluding carboxylic acids is 1. The van der Waals surface area contributed by atoms with Crippen molar-refractivity contribution in [3.05, 3.63) is 5.01 Å². The van der Waals surface area contributed by atoms with Crippen LogP contribution in [0.5, 0.6) is 0 Å². The minimum absolute atomic E-state index is 0.0227. The van der Waals surface area contributed by atoms with Crippen LogP contribution < -0.4 is 10.6 Å². The Morgan fingerprint density at radius 2 is 2.39 bits per heavy atom. The van der Waals surface area contributed by atoms with Gasteiger partial charge < -0.3 is 10.6 Å². The summed E-state index contributed by atoms with van der Waals surface area (Å²) in [5, 5.41) is 16.1. The van der Waals surface area contributed by atoms with Crippen molar-refractivity contribution in [2.24, 2.45) is 5.92 Å². The molecule has 1 aromatic heterocycles. The molecule has 1 saturated heterocycles. The van der Waals surface area contributed by atoms with Gasteiger partial charge in [0.25, 0.3) is 0 Å². The highest BCUT2D eigenvalue weighted by Crippen LogP contribution is 2.28. The highest BCUT2D eigenvalue weighted by molar-refractivity contribution is 7.15. The number of amides is 1. The van der Waals surface area contributed by atoms with E-state index in [1.165, 1.54) is 17.8 Å². The van der Waals surface area contributed by atoms with Crippen molar-refractivity contribution >= 4 is 22.4 Å². The number of rotatable bonds is 4. The van der Waals surface area contributed by atoms with Crippen LogP contribution in [0.2, 0.25) is 0 Å². The highest BCUT2D eigenvalue weighted by atomic mass is 32.1. The molecule has 2 N–H and O–H groups in total. The van der Waals surface area contributed by atoms with E-state index >= 15 is 0 Å². The van der Waals surface area contributed by atoms with Crippen LogP contribution in [0, 0.1) is 5.92 Å². The Balaban J connectivity index is 1.91. The van der Waals surface area contributed by atoms with E-state index in [0.717, 1.165) is 24.5 Å². The first kappa shape index (κ1) is 13.4. The molecule has 0 radical (unpaired) electrons. The van der Waals surface area contributed by atoms with E-state index < -0.39 is 0 Å². The number of carbonyl (C=O) groups is 1. The fraction of sp³-hybridized carbons (Fsp3) is 0.750. The Kier molecular flexibility index (Phi) is 4.66. The van der Waals surface area contributed by atoms with Gasteiger partial charge in [0.15, 0.2) is 0 Å². The third-order valence-electron chi connectivity index (χ3n) is 2.93. The summed E-state index contributed by atoms with van der Waals surface area (Å²) in [5.74, 6) is 0.835. The Morgan fingerprint density at radius 1 is 1.56 bits per heavy atom. The Bertz CT molecular complexity index is 399. The van der Waals surface area contributed by atoms with E-state index in [2.05, 4.69) is 20.8 Å². The van der Waals surface area contributed by atoms with Gasteiger partial charge in [0.05, 0.1) is 0 Å². The lowest BCUT2D eigenvalue weighted by molar-refractivity contribution is -0.116. The van der Waals surface area contributed by atoms with Crippen LogP contribution in [0.25, 0.3) is 0 Å². The standard InChI is InChI=1S/C12H20N4OS/c1-8(2)6-10(17)14-12-16-15-11(18-12)9-4-3-5-13-7-9/h8-9,13H,3-7H2,1-2H3,(H,14,16,17). The minimum atomic E-state index is 0.0227. The van der Waals surface area contributed by atoms with Crippen LogP contribution in [0.4, 0.5) is 5.13 Å². The fourth-order valence-corrected chi connectivity index (χ4v) is 2.95. The van der Waals surface area contributed by atoms with Crippen molar-refractivity contribution in [2.75, 3.05) is 18.4 Å². The van der Waals surface area contributed by atoms with Crippen molar-refractivity contribution in [2.45, 2.75) is 39.0 Å². The lowest BCUT2D eigenvalue weighted by atomic mass is 10.0. The number of nitrogens with zero attached hydrogens (tertiary/aromatic N) is 2. The zero-order valence-electron chi connectivity index (χ0n) is 10.9. The van der Waals surface area contributed by atoms with E-state index in [1.54, 1.807) is 0 Å². The molecule has 2 rings (SSSR count). The van der Waals surface area contributed by atoms with Crippen molar-refractivity contribution in [3.63, 3.8) is 0 Å². The zero-order chi connectivity index (χ0) is 13.0. The number of aromatic nitrogens is 2. The number of hydrogen-bond acceptors (Lipinski definition) is 5. The Morgan fingerprint density at radius 3 is 3.06 bits per heavy atom. The van der Waals surface area contributed by atoms with Crippen LogP contribution in [0.1, 0.15) is 44.0 Å². The molecule has 0 saturated carbocycles. The fourth-order valence-electron chi connectivity index (χ4n) is 2.05. The molecule has 1 fully saturated rings. The van der Waals surface area contributed by atoms with Gasteiger partial charge in [0.1, 0.15) is 5.01 Å². The Hall–Kier alpha value is -1.01. The molecule has 100 valence electrons. The predicted molar refractivity (Wildman–Crippen MR) is 72.8 cm³/mol. The molecule has 1 unspecified atom stereocenters. The first-order valence-electron chi connectivity index (χ1n) is 6.49. The molecule has 1 atom stereocenters. The van der Waals surface area contributed by atoms with Crippen LogP contribution in [0.15, 0.2) is 0 Å². The maximum atomic E-state index is 11.6. The average Bonchev–Trinajstić information content (AvgIpc) is 2.77. The van der Waals surface area contributed by atoms with Gasteiger partial charge in [-0.3, -0.25) is 4.79 Å². The number of piperidine rings is 1. The summed E-state index contributed by atoms with van der Waals surface area (Å²) >= 11 is 1.50. The van der Waals surface area contributed by atoms with Crippen LogP contribution in [-0.4, -0.2) is 29.2 Å². The molecule has 0 spiro atoms. The Labute approximate surface area is 111 Å². The first-order valence-corrected chi connectivity index (χ1v) is 7.30. The zero-order valence-corrected chi connectivity index (χ0v) is 11.7. The maximum Gasteiger partial charge on any atom is 0.226 e. The second-order valence-electron chi connectivity index (χ2n) is 5.13. The van der Waals surface area contributed by atoms with Crippen LogP contribution >= 0.6 is 11.3 Å². The normalized spacial score (nSPS) is 20.1. The molecule has 2 heterocycles. The smallest absolute Gasteiger partial charge is 0.226 e. The lowest BCUT2D eigenvalue weighted by Crippen LogP contribution is -2.28. The summed E-state index contributed by atoms with van der Waals surface area (Å²) in [6.45, 7) is 6.11. The molecular weight excluding hydrogens is 248 g/mol.